The molecule has 0 aliphatic rings. The van der Waals surface area contributed by atoms with Crippen LogP contribution in [0.2, 0.25) is 0 Å². The predicted octanol–water partition coefficient (Wildman–Crippen LogP) is 3.43. The van der Waals surface area contributed by atoms with Crippen molar-refractivity contribution in [2.24, 2.45) is 0 Å². The molecule has 1 aromatic carbocycles. The highest BCUT2D eigenvalue weighted by molar-refractivity contribution is 5.22. The molecule has 18 heavy (non-hydrogen) atoms. The highest BCUT2D eigenvalue weighted by Crippen LogP contribution is 2.24. The SMILES string of the molecule is CCCC(OC)C(NCC)c1cc(F)cc(F)c1. The summed E-state index contributed by atoms with van der Waals surface area (Å²) < 4.78 is 32.0. The van der Waals surface area contributed by atoms with Crippen molar-refractivity contribution in [2.75, 3.05) is 13.7 Å². The number of benzene rings is 1. The van der Waals surface area contributed by atoms with Gasteiger partial charge in [0.1, 0.15) is 11.6 Å². The second-order valence-electron chi connectivity index (χ2n) is 4.30. The van der Waals surface area contributed by atoms with E-state index in [1.54, 1.807) is 7.11 Å². The first kappa shape index (κ1) is 15.1. The van der Waals surface area contributed by atoms with Crippen molar-refractivity contribution in [3.63, 3.8) is 0 Å². The molecule has 0 fully saturated rings. The highest BCUT2D eigenvalue weighted by Gasteiger charge is 2.22. The van der Waals surface area contributed by atoms with E-state index in [2.05, 4.69) is 12.2 Å². The van der Waals surface area contributed by atoms with Gasteiger partial charge in [0, 0.05) is 13.2 Å². The van der Waals surface area contributed by atoms with Crippen molar-refractivity contribution < 1.29 is 13.5 Å². The smallest absolute Gasteiger partial charge is 0.126 e. The summed E-state index contributed by atoms with van der Waals surface area (Å²) in [7, 11) is 1.63. The summed E-state index contributed by atoms with van der Waals surface area (Å²) >= 11 is 0. The van der Waals surface area contributed by atoms with Gasteiger partial charge >= 0.3 is 0 Å². The van der Waals surface area contributed by atoms with Gasteiger partial charge in [0.2, 0.25) is 0 Å². The van der Waals surface area contributed by atoms with Crippen molar-refractivity contribution in [1.29, 1.82) is 0 Å². The van der Waals surface area contributed by atoms with E-state index in [-0.39, 0.29) is 12.1 Å². The summed E-state index contributed by atoms with van der Waals surface area (Å²) in [5.74, 6) is -1.11. The molecule has 0 radical (unpaired) electrons. The van der Waals surface area contributed by atoms with E-state index in [1.165, 1.54) is 12.1 Å². The van der Waals surface area contributed by atoms with Crippen LogP contribution in [-0.4, -0.2) is 19.8 Å². The first-order valence-corrected chi connectivity index (χ1v) is 6.34. The fourth-order valence-corrected chi connectivity index (χ4v) is 2.14. The fraction of sp³-hybridized carbons (Fsp3) is 0.571. The summed E-state index contributed by atoms with van der Waals surface area (Å²) in [6.45, 7) is 4.73. The molecule has 2 nitrogen and oxygen atoms in total. The van der Waals surface area contributed by atoms with Gasteiger partial charge in [-0.05, 0) is 30.7 Å². The van der Waals surface area contributed by atoms with Crippen LogP contribution in [0.3, 0.4) is 0 Å². The molecule has 0 saturated heterocycles. The Morgan fingerprint density at radius 2 is 1.78 bits per heavy atom. The van der Waals surface area contributed by atoms with Crippen molar-refractivity contribution in [1.82, 2.24) is 5.32 Å². The maximum Gasteiger partial charge on any atom is 0.126 e. The molecule has 0 aromatic heterocycles. The lowest BCUT2D eigenvalue weighted by atomic mass is 9.97. The molecule has 1 rings (SSSR count). The van der Waals surface area contributed by atoms with Crippen LogP contribution >= 0.6 is 0 Å². The van der Waals surface area contributed by atoms with Gasteiger partial charge < -0.3 is 10.1 Å². The topological polar surface area (TPSA) is 21.3 Å². The minimum Gasteiger partial charge on any atom is -0.379 e. The van der Waals surface area contributed by atoms with Crippen LogP contribution in [0, 0.1) is 11.6 Å². The average Bonchev–Trinajstić information content (AvgIpc) is 2.32. The average molecular weight is 257 g/mol. The Labute approximate surface area is 107 Å². The normalized spacial score (nSPS) is 14.5. The van der Waals surface area contributed by atoms with Crippen LogP contribution in [0.25, 0.3) is 0 Å². The largest absolute Gasteiger partial charge is 0.379 e. The number of rotatable bonds is 7. The molecular formula is C14H21F2NO. The lowest BCUT2D eigenvalue weighted by Gasteiger charge is -2.27. The van der Waals surface area contributed by atoms with E-state index in [0.29, 0.717) is 12.1 Å². The van der Waals surface area contributed by atoms with Gasteiger partial charge in [-0.15, -0.1) is 0 Å². The lowest BCUT2D eigenvalue weighted by Crippen LogP contribution is -2.33. The zero-order valence-corrected chi connectivity index (χ0v) is 11.2. The third kappa shape index (κ3) is 4.03. The number of ether oxygens (including phenoxy) is 1. The van der Waals surface area contributed by atoms with Crippen molar-refractivity contribution >= 4 is 0 Å². The summed E-state index contributed by atoms with van der Waals surface area (Å²) in [4.78, 5) is 0. The van der Waals surface area contributed by atoms with E-state index in [4.69, 9.17) is 4.74 Å². The van der Waals surface area contributed by atoms with Crippen molar-refractivity contribution in [3.8, 4) is 0 Å². The van der Waals surface area contributed by atoms with Crippen LogP contribution in [0.15, 0.2) is 18.2 Å². The Kier molecular flexibility index (Phi) is 6.22. The second-order valence-corrected chi connectivity index (χ2v) is 4.30. The van der Waals surface area contributed by atoms with Crippen LogP contribution in [-0.2, 0) is 4.74 Å². The number of nitrogens with one attached hydrogen (secondary N) is 1. The second kappa shape index (κ2) is 7.44. The zero-order chi connectivity index (χ0) is 13.5. The van der Waals surface area contributed by atoms with Gasteiger partial charge in [-0.25, -0.2) is 8.78 Å². The molecule has 2 atom stereocenters. The van der Waals surface area contributed by atoms with Crippen molar-refractivity contribution in [2.45, 2.75) is 38.8 Å². The maximum atomic E-state index is 13.3. The number of halogens is 2. The summed E-state index contributed by atoms with van der Waals surface area (Å²) in [5.41, 5.74) is 0.592. The van der Waals surface area contributed by atoms with Crippen LogP contribution in [0.4, 0.5) is 8.78 Å². The number of hydrogen-bond acceptors (Lipinski definition) is 2. The quantitative estimate of drug-likeness (QED) is 0.808. The molecule has 0 saturated carbocycles. The maximum absolute atomic E-state index is 13.3. The molecular weight excluding hydrogens is 236 g/mol. The monoisotopic (exact) mass is 257 g/mol. The van der Waals surface area contributed by atoms with E-state index in [9.17, 15) is 8.78 Å². The standard InChI is InChI=1S/C14H21F2NO/c1-4-6-13(18-3)14(17-5-2)10-7-11(15)9-12(16)8-10/h7-9,13-14,17H,4-6H2,1-3H3. The van der Waals surface area contributed by atoms with Gasteiger partial charge in [-0.2, -0.15) is 0 Å². The number of likely N-dealkylation sites (N-methyl/N-ethyl adjacent to an activating group) is 1. The molecule has 102 valence electrons. The van der Waals surface area contributed by atoms with E-state index in [0.717, 1.165) is 18.9 Å². The van der Waals surface area contributed by atoms with Crippen LogP contribution in [0.1, 0.15) is 38.3 Å². The molecule has 1 aromatic rings. The third-order valence-electron chi connectivity index (χ3n) is 2.92. The zero-order valence-electron chi connectivity index (χ0n) is 11.2. The molecule has 0 amide bonds. The highest BCUT2D eigenvalue weighted by atomic mass is 19.1. The lowest BCUT2D eigenvalue weighted by molar-refractivity contribution is 0.0609. The predicted molar refractivity (Wildman–Crippen MR) is 68.5 cm³/mol. The Bertz CT molecular complexity index is 351. The molecule has 0 aliphatic heterocycles. The Morgan fingerprint density at radius 1 is 1.17 bits per heavy atom. The van der Waals surface area contributed by atoms with Gasteiger partial charge in [0.25, 0.3) is 0 Å². The molecule has 1 N–H and O–H groups in total. The molecule has 0 aliphatic carbocycles. The Hall–Kier alpha value is -1.00. The molecule has 0 heterocycles. The molecule has 0 bridgehead atoms. The van der Waals surface area contributed by atoms with Crippen LogP contribution in [0.5, 0.6) is 0 Å². The van der Waals surface area contributed by atoms with Gasteiger partial charge in [0.05, 0.1) is 12.1 Å². The third-order valence-corrected chi connectivity index (χ3v) is 2.92. The van der Waals surface area contributed by atoms with E-state index < -0.39 is 11.6 Å². The fourth-order valence-electron chi connectivity index (χ4n) is 2.14. The van der Waals surface area contributed by atoms with Gasteiger partial charge in [-0.3, -0.25) is 0 Å². The molecule has 2 unspecified atom stereocenters. The summed E-state index contributed by atoms with van der Waals surface area (Å²) in [6, 6.07) is 3.41. The Balaban J connectivity index is 3.01. The first-order valence-electron chi connectivity index (χ1n) is 6.34. The number of hydrogen-bond donors (Lipinski definition) is 1. The number of methoxy groups -OCH3 is 1. The van der Waals surface area contributed by atoms with Gasteiger partial charge in [0.15, 0.2) is 0 Å². The van der Waals surface area contributed by atoms with E-state index >= 15 is 0 Å². The molecule has 4 heteroatoms. The van der Waals surface area contributed by atoms with Crippen molar-refractivity contribution in [3.05, 3.63) is 35.4 Å². The van der Waals surface area contributed by atoms with E-state index in [1.807, 2.05) is 6.92 Å². The Morgan fingerprint density at radius 3 is 2.22 bits per heavy atom. The minimum atomic E-state index is -0.556. The van der Waals surface area contributed by atoms with Crippen LogP contribution < -0.4 is 5.32 Å². The summed E-state index contributed by atoms with van der Waals surface area (Å²) in [5, 5.41) is 3.23. The summed E-state index contributed by atoms with van der Waals surface area (Å²) in [6.07, 6.45) is 1.71. The van der Waals surface area contributed by atoms with Gasteiger partial charge in [-0.1, -0.05) is 20.3 Å². The minimum absolute atomic E-state index is 0.0869. The first-order chi connectivity index (χ1) is 8.62. The molecule has 0 spiro atoms.